The molecule has 2 aromatic rings. The zero-order valence-electron chi connectivity index (χ0n) is 16.5. The van der Waals surface area contributed by atoms with E-state index in [1.54, 1.807) is 0 Å². The first-order valence-corrected chi connectivity index (χ1v) is 9.46. The Balaban J connectivity index is 1.92. The van der Waals surface area contributed by atoms with E-state index in [2.05, 4.69) is 5.32 Å². The number of carboxylic acid groups (broad SMARTS) is 1. The Morgan fingerprint density at radius 2 is 2.10 bits per heavy atom. The van der Waals surface area contributed by atoms with Gasteiger partial charge in [0.1, 0.15) is 17.1 Å². The molecule has 0 unspecified atom stereocenters. The number of unbranched alkanes of at least 4 members (excludes halogenated alkanes) is 1. The fourth-order valence-electron chi connectivity index (χ4n) is 2.91. The summed E-state index contributed by atoms with van der Waals surface area (Å²) in [6.07, 6.45) is 1.89. The van der Waals surface area contributed by atoms with E-state index < -0.39 is 28.7 Å². The van der Waals surface area contributed by atoms with Crippen molar-refractivity contribution in [3.63, 3.8) is 0 Å². The number of aromatic carboxylic acids is 1. The molecule has 0 saturated heterocycles. The average Bonchev–Trinajstić information content (AvgIpc) is 2.73. The van der Waals surface area contributed by atoms with E-state index in [0.29, 0.717) is 12.3 Å². The molecule has 1 aliphatic rings. The maximum absolute atomic E-state index is 13.0. The van der Waals surface area contributed by atoms with Crippen LogP contribution in [0.4, 0.5) is 11.4 Å². The number of Topliss-reactive ketones (excluding diaryl/α,β-unsaturated/α-hetero) is 1. The van der Waals surface area contributed by atoms with E-state index in [1.807, 2.05) is 6.92 Å². The van der Waals surface area contributed by atoms with E-state index >= 15 is 0 Å². The van der Waals surface area contributed by atoms with Crippen molar-refractivity contribution in [2.24, 2.45) is 0 Å². The number of nitrogens with zero attached hydrogens (tertiary/aromatic N) is 1. The van der Waals surface area contributed by atoms with Gasteiger partial charge in [-0.3, -0.25) is 14.9 Å². The highest BCUT2D eigenvalue weighted by molar-refractivity contribution is 6.12. The number of benzene rings is 2. The number of fused-ring (bicyclic) bond motifs is 1. The summed E-state index contributed by atoms with van der Waals surface area (Å²) in [7, 11) is 0. The number of hydrogen-bond donors (Lipinski definition) is 3. The Morgan fingerprint density at radius 1 is 1.32 bits per heavy atom. The van der Waals surface area contributed by atoms with Crippen molar-refractivity contribution in [2.75, 3.05) is 11.9 Å². The lowest BCUT2D eigenvalue weighted by Crippen LogP contribution is -2.33. The third kappa shape index (κ3) is 4.81. The summed E-state index contributed by atoms with van der Waals surface area (Å²) in [5.41, 5.74) is -0.0904. The number of nitrogens with one attached hydrogen (secondary N) is 1. The van der Waals surface area contributed by atoms with E-state index in [1.165, 1.54) is 36.5 Å². The number of anilines is 1. The Morgan fingerprint density at radius 3 is 2.74 bits per heavy atom. The van der Waals surface area contributed by atoms with Gasteiger partial charge in [-0.25, -0.2) is 4.79 Å². The zero-order chi connectivity index (χ0) is 22.5. The quantitative estimate of drug-likeness (QED) is 0.247. The van der Waals surface area contributed by atoms with Gasteiger partial charge in [-0.1, -0.05) is 13.3 Å². The van der Waals surface area contributed by atoms with E-state index in [0.717, 1.165) is 18.9 Å². The van der Waals surface area contributed by atoms with E-state index in [9.17, 15) is 24.8 Å². The number of rotatable bonds is 8. The lowest BCUT2D eigenvalue weighted by atomic mass is 9.99. The van der Waals surface area contributed by atoms with E-state index in [4.69, 9.17) is 14.6 Å². The summed E-state index contributed by atoms with van der Waals surface area (Å²) >= 11 is 0. The average molecular weight is 428 g/mol. The normalized spacial score (nSPS) is 16.5. The molecule has 2 aromatic carbocycles. The summed E-state index contributed by atoms with van der Waals surface area (Å²) in [6, 6.07) is 7.57. The minimum absolute atomic E-state index is 0.0293. The van der Waals surface area contributed by atoms with Crippen molar-refractivity contribution >= 4 is 23.1 Å². The third-order valence-electron chi connectivity index (χ3n) is 4.56. The zero-order valence-corrected chi connectivity index (χ0v) is 16.5. The number of carbonyl (C=O) groups excluding carboxylic acids is 1. The molecule has 31 heavy (non-hydrogen) atoms. The van der Waals surface area contributed by atoms with Gasteiger partial charge in [0.05, 0.1) is 22.7 Å². The van der Waals surface area contributed by atoms with Gasteiger partial charge in [0.15, 0.2) is 0 Å². The van der Waals surface area contributed by atoms with Crippen LogP contribution in [0.3, 0.4) is 0 Å². The number of hydrogen-bond acceptors (Lipinski definition) is 8. The molecule has 0 radical (unpaired) electrons. The smallest absolute Gasteiger partial charge is 0.339 e. The van der Waals surface area contributed by atoms with Crippen LogP contribution >= 0.6 is 0 Å². The number of phenols is 1. The first kappa shape index (κ1) is 21.8. The van der Waals surface area contributed by atoms with Crippen LogP contribution in [-0.2, 0) is 4.74 Å². The van der Waals surface area contributed by atoms with Gasteiger partial charge in [0, 0.05) is 30.1 Å². The van der Waals surface area contributed by atoms with Crippen LogP contribution in [0, 0.1) is 10.1 Å². The van der Waals surface area contributed by atoms with E-state index in [-0.39, 0.29) is 28.1 Å². The minimum atomic E-state index is -1.28. The largest absolute Gasteiger partial charge is 0.507 e. The third-order valence-corrected chi connectivity index (χ3v) is 4.56. The topological polar surface area (TPSA) is 148 Å². The van der Waals surface area contributed by atoms with Crippen molar-refractivity contribution in [1.82, 2.24) is 0 Å². The standard InChI is InChI=1S/C21H20N2O8/c1-2-3-8-30-21-16(11-22-12-4-6-14(20(26)27)17(24)9-12)19(25)15-10-13(23(28)29)5-7-18(15)31-21/h4-7,9-11,21-22,24H,2-3,8H2,1H3,(H,26,27)/b16-11-/t21-/m0/s1. The van der Waals surface area contributed by atoms with Gasteiger partial charge in [-0.05, 0) is 24.6 Å². The van der Waals surface area contributed by atoms with Crippen molar-refractivity contribution in [2.45, 2.75) is 26.1 Å². The molecule has 0 saturated carbocycles. The number of aromatic hydroxyl groups is 1. The van der Waals surface area contributed by atoms with Crippen LogP contribution in [0.2, 0.25) is 0 Å². The minimum Gasteiger partial charge on any atom is -0.507 e. The predicted molar refractivity (Wildman–Crippen MR) is 109 cm³/mol. The number of carboxylic acids is 1. The molecule has 0 spiro atoms. The molecule has 1 aliphatic heterocycles. The predicted octanol–water partition coefficient (Wildman–Crippen LogP) is 3.71. The van der Waals surface area contributed by atoms with Gasteiger partial charge in [0.2, 0.25) is 12.1 Å². The number of ketones is 1. The Kier molecular flexibility index (Phi) is 6.51. The fraction of sp³-hybridized carbons (Fsp3) is 0.238. The fourth-order valence-corrected chi connectivity index (χ4v) is 2.91. The van der Waals surface area contributed by atoms with Crippen LogP contribution in [-0.4, -0.2) is 39.8 Å². The van der Waals surface area contributed by atoms with Gasteiger partial charge < -0.3 is 25.0 Å². The molecule has 0 amide bonds. The Hall–Kier alpha value is -3.92. The van der Waals surface area contributed by atoms with Crippen molar-refractivity contribution in [3.8, 4) is 11.5 Å². The van der Waals surface area contributed by atoms with Gasteiger partial charge >= 0.3 is 5.97 Å². The van der Waals surface area contributed by atoms with Crippen molar-refractivity contribution in [3.05, 3.63) is 69.4 Å². The van der Waals surface area contributed by atoms with Crippen LogP contribution in [0.15, 0.2) is 48.2 Å². The second kappa shape index (κ2) is 9.26. The number of nitro groups is 1. The number of nitro benzene ring substituents is 1. The summed E-state index contributed by atoms with van der Waals surface area (Å²) in [4.78, 5) is 34.5. The highest BCUT2D eigenvalue weighted by atomic mass is 16.7. The van der Waals surface area contributed by atoms with Crippen LogP contribution in [0.5, 0.6) is 11.5 Å². The molecule has 0 aromatic heterocycles. The van der Waals surface area contributed by atoms with Gasteiger partial charge in [0.25, 0.3) is 5.69 Å². The molecular weight excluding hydrogens is 408 g/mol. The molecule has 162 valence electrons. The number of carbonyl (C=O) groups is 2. The molecular formula is C21H20N2O8. The maximum atomic E-state index is 13.0. The summed E-state index contributed by atoms with van der Waals surface area (Å²) in [5.74, 6) is -2.05. The lowest BCUT2D eigenvalue weighted by Gasteiger charge is -2.27. The first-order chi connectivity index (χ1) is 14.8. The van der Waals surface area contributed by atoms with Crippen LogP contribution < -0.4 is 10.1 Å². The second-order valence-electron chi connectivity index (χ2n) is 6.72. The molecule has 0 bridgehead atoms. The Labute approximate surface area is 176 Å². The summed E-state index contributed by atoms with van der Waals surface area (Å²) < 4.78 is 11.4. The number of ether oxygens (including phenoxy) is 2. The first-order valence-electron chi connectivity index (χ1n) is 9.46. The second-order valence-corrected chi connectivity index (χ2v) is 6.72. The number of non-ortho nitro benzene ring substituents is 1. The SMILES string of the molecule is CCCCO[C@H]1Oc2ccc([N+](=O)[O-])cc2C(=O)/C1=C/Nc1ccc(C(=O)O)c(O)c1. The lowest BCUT2D eigenvalue weighted by molar-refractivity contribution is -0.384. The molecule has 1 atom stereocenters. The highest BCUT2D eigenvalue weighted by Gasteiger charge is 2.34. The molecule has 0 aliphatic carbocycles. The van der Waals surface area contributed by atoms with Gasteiger partial charge in [-0.15, -0.1) is 0 Å². The van der Waals surface area contributed by atoms with Crippen LogP contribution in [0.1, 0.15) is 40.5 Å². The summed E-state index contributed by atoms with van der Waals surface area (Å²) in [6.45, 7) is 2.32. The molecule has 10 nitrogen and oxygen atoms in total. The van der Waals surface area contributed by atoms with Crippen molar-refractivity contribution in [1.29, 1.82) is 0 Å². The Bertz CT molecular complexity index is 1060. The van der Waals surface area contributed by atoms with Crippen molar-refractivity contribution < 1.29 is 34.2 Å². The highest BCUT2D eigenvalue weighted by Crippen LogP contribution is 2.34. The van der Waals surface area contributed by atoms with Gasteiger partial charge in [-0.2, -0.15) is 0 Å². The molecule has 3 N–H and O–H groups in total. The maximum Gasteiger partial charge on any atom is 0.339 e. The summed E-state index contributed by atoms with van der Waals surface area (Å²) in [5, 5.41) is 32.7. The monoisotopic (exact) mass is 428 g/mol. The molecule has 10 heteroatoms. The molecule has 3 rings (SSSR count). The van der Waals surface area contributed by atoms with Crippen LogP contribution in [0.25, 0.3) is 0 Å². The molecule has 0 fully saturated rings. The molecule has 1 heterocycles.